The smallest absolute Gasteiger partial charge is 0.0543 e. The molecular weight excluding hydrogens is 234 g/mol. The predicted octanol–water partition coefficient (Wildman–Crippen LogP) is 4.16. The van der Waals surface area contributed by atoms with Gasteiger partial charge in [-0.15, -0.1) is 0 Å². The fraction of sp³-hybridized carbons (Fsp3) is 0.647. The monoisotopic (exact) mass is 263 g/mol. The summed E-state index contributed by atoms with van der Waals surface area (Å²) in [4.78, 5) is 0. The molecule has 1 aromatic rings. The van der Waals surface area contributed by atoms with E-state index in [2.05, 4.69) is 51.2 Å². The number of aryl methyl sites for hydroxylation is 2. The highest BCUT2D eigenvalue weighted by Gasteiger charge is 2.13. The van der Waals surface area contributed by atoms with E-state index < -0.39 is 0 Å². The van der Waals surface area contributed by atoms with Gasteiger partial charge in [0.2, 0.25) is 0 Å². The van der Waals surface area contributed by atoms with Crippen LogP contribution in [0, 0.1) is 13.8 Å². The van der Waals surface area contributed by atoms with Crippen LogP contribution in [0.2, 0.25) is 0 Å². The van der Waals surface area contributed by atoms with Crippen molar-refractivity contribution in [2.24, 2.45) is 0 Å². The highest BCUT2D eigenvalue weighted by atomic mass is 16.5. The van der Waals surface area contributed by atoms with Crippen molar-refractivity contribution in [2.75, 3.05) is 13.7 Å². The van der Waals surface area contributed by atoms with Crippen molar-refractivity contribution in [3.63, 3.8) is 0 Å². The van der Waals surface area contributed by atoms with Crippen molar-refractivity contribution >= 4 is 0 Å². The van der Waals surface area contributed by atoms with Crippen LogP contribution in [0.5, 0.6) is 0 Å². The molecule has 1 rings (SSSR count). The van der Waals surface area contributed by atoms with Crippen LogP contribution in [0.3, 0.4) is 0 Å². The van der Waals surface area contributed by atoms with Gasteiger partial charge in [0.1, 0.15) is 0 Å². The molecule has 1 aromatic carbocycles. The zero-order valence-corrected chi connectivity index (χ0v) is 13.1. The van der Waals surface area contributed by atoms with Crippen molar-refractivity contribution in [2.45, 2.75) is 59.1 Å². The van der Waals surface area contributed by atoms with Gasteiger partial charge in [-0.2, -0.15) is 0 Å². The largest absolute Gasteiger partial charge is 0.382 e. The highest BCUT2D eigenvalue weighted by Crippen LogP contribution is 2.22. The molecule has 0 fully saturated rings. The molecule has 2 heteroatoms. The second kappa shape index (κ2) is 8.34. The van der Waals surface area contributed by atoms with E-state index in [9.17, 15) is 0 Å². The Morgan fingerprint density at radius 3 is 2.26 bits per heavy atom. The molecule has 0 heterocycles. The van der Waals surface area contributed by atoms with Crippen LogP contribution >= 0.6 is 0 Å². The minimum Gasteiger partial charge on any atom is -0.382 e. The Kier molecular flexibility index (Phi) is 7.11. The van der Waals surface area contributed by atoms with Crippen molar-refractivity contribution in [1.82, 2.24) is 5.32 Å². The Labute approximate surface area is 118 Å². The summed E-state index contributed by atoms with van der Waals surface area (Å²) >= 11 is 0. The van der Waals surface area contributed by atoms with Crippen LogP contribution < -0.4 is 5.32 Å². The zero-order valence-electron chi connectivity index (χ0n) is 13.1. The third kappa shape index (κ3) is 5.75. The number of benzene rings is 1. The fourth-order valence-corrected chi connectivity index (χ4v) is 2.44. The molecule has 0 aliphatic heterocycles. The first-order valence-corrected chi connectivity index (χ1v) is 7.41. The Bertz CT molecular complexity index is 355. The summed E-state index contributed by atoms with van der Waals surface area (Å²) < 4.78 is 5.36. The molecule has 0 bridgehead atoms. The van der Waals surface area contributed by atoms with E-state index >= 15 is 0 Å². The quantitative estimate of drug-likeness (QED) is 0.760. The van der Waals surface area contributed by atoms with E-state index in [4.69, 9.17) is 4.74 Å². The van der Waals surface area contributed by atoms with Gasteiger partial charge in [-0.05, 0) is 52.1 Å². The van der Waals surface area contributed by atoms with Crippen molar-refractivity contribution in [1.29, 1.82) is 0 Å². The maximum absolute atomic E-state index is 5.36. The molecule has 2 unspecified atom stereocenters. The molecule has 0 amide bonds. The van der Waals surface area contributed by atoms with Gasteiger partial charge in [-0.25, -0.2) is 0 Å². The molecule has 108 valence electrons. The Hall–Kier alpha value is -0.860. The van der Waals surface area contributed by atoms with Crippen molar-refractivity contribution in [3.8, 4) is 0 Å². The Morgan fingerprint density at radius 2 is 1.74 bits per heavy atom. The molecule has 1 N–H and O–H groups in total. The second-order valence-corrected chi connectivity index (χ2v) is 5.55. The lowest BCUT2D eigenvalue weighted by atomic mass is 9.97. The number of rotatable bonds is 8. The molecule has 0 aliphatic carbocycles. The number of hydrogen-bond donors (Lipinski definition) is 1. The van der Waals surface area contributed by atoms with E-state index in [0.29, 0.717) is 12.1 Å². The predicted molar refractivity (Wildman–Crippen MR) is 82.7 cm³/mol. The molecule has 0 aliphatic rings. The Balaban J connectivity index is 2.76. The van der Waals surface area contributed by atoms with E-state index in [1.54, 1.807) is 7.11 Å². The summed E-state index contributed by atoms with van der Waals surface area (Å²) in [5.74, 6) is 0. The van der Waals surface area contributed by atoms with Gasteiger partial charge in [0, 0.05) is 13.2 Å². The van der Waals surface area contributed by atoms with Gasteiger partial charge in [0.05, 0.1) is 6.10 Å². The van der Waals surface area contributed by atoms with E-state index in [1.807, 2.05) is 0 Å². The molecule has 0 saturated carbocycles. The minimum absolute atomic E-state index is 0.330. The fourth-order valence-electron chi connectivity index (χ4n) is 2.44. The summed E-state index contributed by atoms with van der Waals surface area (Å²) in [6, 6.07) is 7.28. The lowest BCUT2D eigenvalue weighted by Gasteiger charge is -2.21. The average Bonchev–Trinajstić information content (AvgIpc) is 2.37. The number of nitrogens with one attached hydrogen (secondary N) is 1. The number of hydrogen-bond acceptors (Lipinski definition) is 2. The summed E-state index contributed by atoms with van der Waals surface area (Å²) in [5.41, 5.74) is 4.10. The average molecular weight is 263 g/mol. The molecule has 0 saturated heterocycles. The third-order valence-corrected chi connectivity index (χ3v) is 3.55. The zero-order chi connectivity index (χ0) is 14.3. The topological polar surface area (TPSA) is 21.3 Å². The normalized spacial score (nSPS) is 14.4. The van der Waals surface area contributed by atoms with Gasteiger partial charge in [0.25, 0.3) is 0 Å². The standard InChI is InChI=1S/C17H29NO/c1-6-9-18-17(8-7-15(4)19-5)16-11-13(2)10-14(3)12-16/h10-12,15,17-18H,6-9H2,1-5H3. The maximum atomic E-state index is 5.36. The van der Waals surface area contributed by atoms with E-state index in [-0.39, 0.29) is 0 Å². The summed E-state index contributed by atoms with van der Waals surface area (Å²) in [6.45, 7) is 9.76. The summed E-state index contributed by atoms with van der Waals surface area (Å²) in [6.07, 6.45) is 3.71. The van der Waals surface area contributed by atoms with Gasteiger partial charge >= 0.3 is 0 Å². The molecule has 0 radical (unpaired) electrons. The first kappa shape index (κ1) is 16.2. The van der Waals surface area contributed by atoms with Crippen LogP contribution in [-0.4, -0.2) is 19.8 Å². The van der Waals surface area contributed by atoms with Gasteiger partial charge in [0.15, 0.2) is 0 Å². The van der Waals surface area contributed by atoms with Crippen LogP contribution in [0.4, 0.5) is 0 Å². The lowest BCUT2D eigenvalue weighted by molar-refractivity contribution is 0.106. The highest BCUT2D eigenvalue weighted by molar-refractivity contribution is 5.30. The van der Waals surface area contributed by atoms with Gasteiger partial charge in [-0.3, -0.25) is 0 Å². The lowest BCUT2D eigenvalue weighted by Crippen LogP contribution is -2.23. The molecule has 2 atom stereocenters. The summed E-state index contributed by atoms with van der Waals surface area (Å²) in [5, 5.41) is 3.66. The third-order valence-electron chi connectivity index (χ3n) is 3.55. The summed E-state index contributed by atoms with van der Waals surface area (Å²) in [7, 11) is 1.79. The SMILES string of the molecule is CCCNC(CCC(C)OC)c1cc(C)cc(C)c1. The maximum Gasteiger partial charge on any atom is 0.0543 e. The first-order chi connectivity index (χ1) is 9.06. The van der Waals surface area contributed by atoms with E-state index in [0.717, 1.165) is 19.4 Å². The van der Waals surface area contributed by atoms with Crippen LogP contribution in [0.1, 0.15) is 55.8 Å². The molecule has 0 aromatic heterocycles. The number of ether oxygens (including phenoxy) is 1. The van der Waals surface area contributed by atoms with Gasteiger partial charge < -0.3 is 10.1 Å². The van der Waals surface area contributed by atoms with Crippen molar-refractivity contribution in [3.05, 3.63) is 34.9 Å². The number of methoxy groups -OCH3 is 1. The van der Waals surface area contributed by atoms with E-state index in [1.165, 1.54) is 23.1 Å². The van der Waals surface area contributed by atoms with Crippen LogP contribution in [0.25, 0.3) is 0 Å². The molecule has 19 heavy (non-hydrogen) atoms. The molecule has 2 nitrogen and oxygen atoms in total. The molecule has 0 spiro atoms. The second-order valence-electron chi connectivity index (χ2n) is 5.55. The van der Waals surface area contributed by atoms with Crippen molar-refractivity contribution < 1.29 is 4.74 Å². The minimum atomic E-state index is 0.330. The Morgan fingerprint density at radius 1 is 1.11 bits per heavy atom. The van der Waals surface area contributed by atoms with Crippen LogP contribution in [-0.2, 0) is 4.74 Å². The first-order valence-electron chi connectivity index (χ1n) is 7.41. The molecular formula is C17H29NO. The van der Waals surface area contributed by atoms with Gasteiger partial charge in [-0.1, -0.05) is 36.2 Å². The van der Waals surface area contributed by atoms with Crippen LogP contribution in [0.15, 0.2) is 18.2 Å².